The molecule has 0 saturated carbocycles. The van der Waals surface area contributed by atoms with Gasteiger partial charge in [-0.1, -0.05) is 12.1 Å². The van der Waals surface area contributed by atoms with Gasteiger partial charge in [0.15, 0.2) is 0 Å². The van der Waals surface area contributed by atoms with Gasteiger partial charge in [0, 0.05) is 37.4 Å². The first-order valence-electron chi connectivity index (χ1n) is 6.36. The van der Waals surface area contributed by atoms with Gasteiger partial charge in [0.1, 0.15) is 5.69 Å². The van der Waals surface area contributed by atoms with E-state index in [-0.39, 0.29) is 11.1 Å². The number of H-pyrrole nitrogens is 1. The zero-order valence-corrected chi connectivity index (χ0v) is 11.2. The van der Waals surface area contributed by atoms with Crippen molar-refractivity contribution in [1.82, 2.24) is 10.3 Å². The first-order chi connectivity index (χ1) is 9.72. The molecular formula is C14H17N3O3. The summed E-state index contributed by atoms with van der Waals surface area (Å²) >= 11 is 0. The molecule has 0 fully saturated rings. The zero-order valence-electron chi connectivity index (χ0n) is 11.2. The van der Waals surface area contributed by atoms with Gasteiger partial charge in [0.05, 0.1) is 0 Å². The topological polar surface area (TPSA) is 83.2 Å². The van der Waals surface area contributed by atoms with Gasteiger partial charge in [0.25, 0.3) is 0 Å². The fourth-order valence-electron chi connectivity index (χ4n) is 1.85. The summed E-state index contributed by atoms with van der Waals surface area (Å²) in [7, 11) is 1.61. The van der Waals surface area contributed by atoms with Crippen LogP contribution in [-0.2, 0) is 4.74 Å². The van der Waals surface area contributed by atoms with Crippen molar-refractivity contribution < 1.29 is 9.53 Å². The van der Waals surface area contributed by atoms with Crippen molar-refractivity contribution in [3.05, 3.63) is 40.7 Å². The van der Waals surface area contributed by atoms with Crippen LogP contribution in [-0.4, -0.2) is 31.3 Å². The van der Waals surface area contributed by atoms with Crippen LogP contribution in [0.3, 0.4) is 0 Å². The minimum atomic E-state index is -0.401. The molecule has 1 aromatic carbocycles. The molecule has 1 heterocycles. The minimum absolute atomic E-state index is 0.202. The molecule has 0 spiro atoms. The summed E-state index contributed by atoms with van der Waals surface area (Å²) in [5.74, 6) is 0. The number of aromatic amines is 1. The fourth-order valence-corrected chi connectivity index (χ4v) is 1.85. The summed E-state index contributed by atoms with van der Waals surface area (Å²) in [5.41, 5.74) is 0.767. The van der Waals surface area contributed by atoms with Crippen LogP contribution in [0.4, 0.5) is 10.5 Å². The van der Waals surface area contributed by atoms with Gasteiger partial charge in [-0.15, -0.1) is 0 Å². The number of para-hydroxylation sites is 1. The summed E-state index contributed by atoms with van der Waals surface area (Å²) in [5, 5.41) is 5.75. The number of urea groups is 1. The van der Waals surface area contributed by atoms with Crippen LogP contribution in [0.25, 0.3) is 10.9 Å². The third kappa shape index (κ3) is 3.36. The van der Waals surface area contributed by atoms with E-state index in [1.807, 2.05) is 12.1 Å². The monoisotopic (exact) mass is 275 g/mol. The van der Waals surface area contributed by atoms with Gasteiger partial charge in [0.2, 0.25) is 5.43 Å². The Morgan fingerprint density at radius 2 is 2.15 bits per heavy atom. The van der Waals surface area contributed by atoms with E-state index in [9.17, 15) is 9.59 Å². The minimum Gasteiger partial charge on any atom is -0.385 e. The van der Waals surface area contributed by atoms with Crippen molar-refractivity contribution in [3.63, 3.8) is 0 Å². The second kappa shape index (κ2) is 6.72. The Balaban J connectivity index is 2.04. The van der Waals surface area contributed by atoms with Gasteiger partial charge >= 0.3 is 6.03 Å². The maximum absolute atomic E-state index is 12.2. The lowest BCUT2D eigenvalue weighted by Gasteiger charge is -2.07. The number of carbonyl (C=O) groups excluding carboxylic acids is 1. The Bertz CT molecular complexity index is 651. The zero-order chi connectivity index (χ0) is 14.4. The second-order valence-corrected chi connectivity index (χ2v) is 4.30. The largest absolute Gasteiger partial charge is 0.385 e. The second-order valence-electron chi connectivity index (χ2n) is 4.30. The van der Waals surface area contributed by atoms with Crippen LogP contribution in [0, 0.1) is 0 Å². The van der Waals surface area contributed by atoms with E-state index in [1.54, 1.807) is 19.2 Å². The molecule has 2 aromatic rings. The predicted octanol–water partition coefficient (Wildman–Crippen LogP) is 1.69. The molecule has 1 aromatic heterocycles. The highest BCUT2D eigenvalue weighted by Gasteiger charge is 2.07. The summed E-state index contributed by atoms with van der Waals surface area (Å²) in [6.45, 7) is 1.07. The molecule has 106 valence electrons. The van der Waals surface area contributed by atoms with Gasteiger partial charge < -0.3 is 20.4 Å². The number of benzene rings is 1. The molecule has 6 heteroatoms. The number of methoxy groups -OCH3 is 1. The van der Waals surface area contributed by atoms with Crippen molar-refractivity contribution in [2.45, 2.75) is 6.42 Å². The number of pyridine rings is 1. The van der Waals surface area contributed by atoms with Crippen molar-refractivity contribution in [2.75, 3.05) is 25.6 Å². The van der Waals surface area contributed by atoms with E-state index in [2.05, 4.69) is 15.6 Å². The summed E-state index contributed by atoms with van der Waals surface area (Å²) in [4.78, 5) is 26.8. The molecule has 3 N–H and O–H groups in total. The molecule has 0 aliphatic rings. The summed E-state index contributed by atoms with van der Waals surface area (Å²) < 4.78 is 4.88. The lowest BCUT2D eigenvalue weighted by atomic mass is 10.2. The van der Waals surface area contributed by atoms with Crippen molar-refractivity contribution in [3.8, 4) is 0 Å². The average Bonchev–Trinajstić information content (AvgIpc) is 2.47. The number of aromatic nitrogens is 1. The lowest BCUT2D eigenvalue weighted by molar-refractivity contribution is 0.194. The molecule has 0 saturated heterocycles. The first kappa shape index (κ1) is 14.1. The fraction of sp³-hybridized carbons (Fsp3) is 0.286. The number of rotatable bonds is 5. The number of nitrogens with one attached hydrogen (secondary N) is 3. The first-order valence-corrected chi connectivity index (χ1v) is 6.36. The Kier molecular flexibility index (Phi) is 4.73. The van der Waals surface area contributed by atoms with Gasteiger partial charge in [-0.05, 0) is 18.6 Å². The molecule has 20 heavy (non-hydrogen) atoms. The van der Waals surface area contributed by atoms with Crippen LogP contribution >= 0.6 is 0 Å². The molecule has 2 rings (SSSR count). The molecule has 0 bridgehead atoms. The number of hydrogen-bond donors (Lipinski definition) is 3. The normalized spacial score (nSPS) is 10.4. The molecule has 6 nitrogen and oxygen atoms in total. The van der Waals surface area contributed by atoms with Crippen LogP contribution in [0.15, 0.2) is 35.3 Å². The summed E-state index contributed by atoms with van der Waals surface area (Å²) in [6.07, 6.45) is 2.22. The highest BCUT2D eigenvalue weighted by atomic mass is 16.5. The standard InChI is InChI=1S/C14H17N3O3/c1-20-8-4-7-15-14(19)17-12-9-16-11-6-3-2-5-10(11)13(12)18/h2-3,5-6,9H,4,7-8H2,1H3,(H,16,18)(H2,15,17,19). The highest BCUT2D eigenvalue weighted by molar-refractivity contribution is 5.91. The van der Waals surface area contributed by atoms with Crippen molar-refractivity contribution in [2.24, 2.45) is 0 Å². The average molecular weight is 275 g/mol. The van der Waals surface area contributed by atoms with Crippen molar-refractivity contribution >= 4 is 22.6 Å². The molecule has 0 atom stereocenters. The van der Waals surface area contributed by atoms with Crippen LogP contribution in [0.2, 0.25) is 0 Å². The van der Waals surface area contributed by atoms with Crippen LogP contribution in [0.1, 0.15) is 6.42 Å². The third-order valence-electron chi connectivity index (χ3n) is 2.85. The quantitative estimate of drug-likeness (QED) is 0.726. The number of fused-ring (bicyclic) bond motifs is 1. The third-order valence-corrected chi connectivity index (χ3v) is 2.85. The number of hydrogen-bond acceptors (Lipinski definition) is 3. The Morgan fingerprint density at radius 3 is 2.95 bits per heavy atom. The van der Waals surface area contributed by atoms with Gasteiger partial charge in [-0.25, -0.2) is 4.79 Å². The smallest absolute Gasteiger partial charge is 0.319 e. The molecule has 0 unspecified atom stereocenters. The lowest BCUT2D eigenvalue weighted by Crippen LogP contribution is -2.31. The summed E-state index contributed by atoms with van der Waals surface area (Å²) in [6, 6.07) is 6.75. The molecule has 0 aliphatic heterocycles. The van der Waals surface area contributed by atoms with E-state index >= 15 is 0 Å². The maximum atomic E-state index is 12.2. The molecular weight excluding hydrogens is 258 g/mol. The predicted molar refractivity (Wildman–Crippen MR) is 78.1 cm³/mol. The van der Waals surface area contributed by atoms with Gasteiger partial charge in [-0.3, -0.25) is 4.79 Å². The number of ether oxygens (including phenoxy) is 1. The van der Waals surface area contributed by atoms with Gasteiger partial charge in [-0.2, -0.15) is 0 Å². The number of carbonyl (C=O) groups is 1. The van der Waals surface area contributed by atoms with E-state index in [1.165, 1.54) is 6.20 Å². The number of anilines is 1. The Morgan fingerprint density at radius 1 is 1.35 bits per heavy atom. The van der Waals surface area contributed by atoms with Crippen LogP contribution in [0.5, 0.6) is 0 Å². The van der Waals surface area contributed by atoms with E-state index in [0.717, 1.165) is 11.9 Å². The molecule has 2 amide bonds. The molecule has 0 aliphatic carbocycles. The van der Waals surface area contributed by atoms with E-state index < -0.39 is 6.03 Å². The Hall–Kier alpha value is -2.34. The highest BCUT2D eigenvalue weighted by Crippen LogP contribution is 2.09. The van der Waals surface area contributed by atoms with Crippen LogP contribution < -0.4 is 16.1 Å². The SMILES string of the molecule is COCCCNC(=O)Nc1c[nH]c2ccccc2c1=O. The Labute approximate surface area is 116 Å². The van der Waals surface area contributed by atoms with E-state index in [0.29, 0.717) is 18.5 Å². The maximum Gasteiger partial charge on any atom is 0.319 e. The number of amides is 2. The van der Waals surface area contributed by atoms with Crippen molar-refractivity contribution in [1.29, 1.82) is 0 Å². The van der Waals surface area contributed by atoms with E-state index in [4.69, 9.17) is 4.74 Å². The molecule has 0 radical (unpaired) electrons.